The third-order valence-corrected chi connectivity index (χ3v) is 6.08. The molecule has 0 saturated heterocycles. The minimum absolute atomic E-state index is 0.00877. The predicted octanol–water partition coefficient (Wildman–Crippen LogP) is 4.32. The Morgan fingerprint density at radius 3 is 2.60 bits per heavy atom. The summed E-state index contributed by atoms with van der Waals surface area (Å²) in [5.74, 6) is 0.154. The standard InChI is InChI=1S/C24H27FN2O3/c1-15-6-8-18(9-7-15)26-23(28)17-12-16-13-19(10-11-22(16)30-14-17)27-24(29)20-4-2-3-5-21(20)25/h2-5,10-11,13,15,17-18H,6-9,12,14H2,1H3,(H,26,28)(H,27,29). The summed E-state index contributed by atoms with van der Waals surface area (Å²) in [6, 6.07) is 11.4. The second-order valence-electron chi connectivity index (χ2n) is 8.43. The monoisotopic (exact) mass is 410 g/mol. The van der Waals surface area contributed by atoms with Gasteiger partial charge in [0.25, 0.3) is 5.91 Å². The normalized spacial score (nSPS) is 23.1. The summed E-state index contributed by atoms with van der Waals surface area (Å²) in [6.07, 6.45) is 4.92. The van der Waals surface area contributed by atoms with Crippen molar-refractivity contribution >= 4 is 17.5 Å². The zero-order valence-corrected chi connectivity index (χ0v) is 17.1. The molecule has 0 bridgehead atoms. The van der Waals surface area contributed by atoms with E-state index in [-0.39, 0.29) is 23.4 Å². The van der Waals surface area contributed by atoms with Crippen LogP contribution in [0.1, 0.15) is 48.5 Å². The molecule has 4 rings (SSSR count). The van der Waals surface area contributed by atoms with Gasteiger partial charge in [-0.1, -0.05) is 19.1 Å². The van der Waals surface area contributed by atoms with E-state index in [0.29, 0.717) is 18.7 Å². The topological polar surface area (TPSA) is 67.4 Å². The Labute approximate surface area is 176 Å². The first-order valence-electron chi connectivity index (χ1n) is 10.6. The summed E-state index contributed by atoms with van der Waals surface area (Å²) >= 11 is 0. The van der Waals surface area contributed by atoms with Gasteiger partial charge in [-0.25, -0.2) is 4.39 Å². The van der Waals surface area contributed by atoms with Crippen molar-refractivity contribution in [2.24, 2.45) is 11.8 Å². The first kappa shape index (κ1) is 20.4. The summed E-state index contributed by atoms with van der Waals surface area (Å²) in [7, 11) is 0. The molecule has 0 radical (unpaired) electrons. The number of benzene rings is 2. The van der Waals surface area contributed by atoms with E-state index in [0.717, 1.165) is 42.9 Å². The SMILES string of the molecule is CC1CCC(NC(=O)C2COc3ccc(NC(=O)c4ccccc4F)cc3C2)CC1. The van der Waals surface area contributed by atoms with Crippen LogP contribution in [0.15, 0.2) is 42.5 Å². The highest BCUT2D eigenvalue weighted by Gasteiger charge is 2.29. The maximum Gasteiger partial charge on any atom is 0.258 e. The number of rotatable bonds is 4. The van der Waals surface area contributed by atoms with Gasteiger partial charge in [0, 0.05) is 11.7 Å². The lowest BCUT2D eigenvalue weighted by Gasteiger charge is -2.30. The Kier molecular flexibility index (Phi) is 6.02. The lowest BCUT2D eigenvalue weighted by Crippen LogP contribution is -2.43. The number of fused-ring (bicyclic) bond motifs is 1. The largest absolute Gasteiger partial charge is 0.492 e. The van der Waals surface area contributed by atoms with Gasteiger partial charge in [-0.15, -0.1) is 0 Å². The van der Waals surface area contributed by atoms with Crippen LogP contribution in [-0.2, 0) is 11.2 Å². The van der Waals surface area contributed by atoms with E-state index in [4.69, 9.17) is 4.74 Å². The molecule has 2 N–H and O–H groups in total. The molecule has 2 aliphatic rings. The molecule has 158 valence electrons. The molecular weight excluding hydrogens is 383 g/mol. The minimum Gasteiger partial charge on any atom is -0.492 e. The Hall–Kier alpha value is -2.89. The highest BCUT2D eigenvalue weighted by molar-refractivity contribution is 6.04. The van der Waals surface area contributed by atoms with E-state index < -0.39 is 11.7 Å². The van der Waals surface area contributed by atoms with Crippen molar-refractivity contribution in [1.82, 2.24) is 5.32 Å². The number of nitrogens with one attached hydrogen (secondary N) is 2. The number of halogens is 1. The Morgan fingerprint density at radius 2 is 1.83 bits per heavy atom. The molecule has 1 saturated carbocycles. The van der Waals surface area contributed by atoms with Crippen molar-refractivity contribution < 1.29 is 18.7 Å². The lowest BCUT2D eigenvalue weighted by molar-refractivity contribution is -0.127. The Balaban J connectivity index is 1.40. The van der Waals surface area contributed by atoms with Crippen LogP contribution in [0.2, 0.25) is 0 Å². The number of anilines is 1. The highest BCUT2D eigenvalue weighted by Crippen LogP contribution is 2.31. The second-order valence-corrected chi connectivity index (χ2v) is 8.43. The number of carbonyl (C=O) groups is 2. The van der Waals surface area contributed by atoms with Gasteiger partial charge >= 0.3 is 0 Å². The smallest absolute Gasteiger partial charge is 0.258 e. The van der Waals surface area contributed by atoms with Gasteiger partial charge in [-0.2, -0.15) is 0 Å². The average molecular weight is 410 g/mol. The van der Waals surface area contributed by atoms with Crippen LogP contribution < -0.4 is 15.4 Å². The zero-order chi connectivity index (χ0) is 21.1. The van der Waals surface area contributed by atoms with E-state index in [2.05, 4.69) is 17.6 Å². The third kappa shape index (κ3) is 4.64. The fourth-order valence-electron chi connectivity index (χ4n) is 4.21. The molecule has 1 atom stereocenters. The maximum atomic E-state index is 13.8. The number of carbonyl (C=O) groups excluding carboxylic acids is 2. The van der Waals surface area contributed by atoms with E-state index in [1.165, 1.54) is 12.1 Å². The molecule has 2 amide bonds. The van der Waals surface area contributed by atoms with Crippen LogP contribution in [0.4, 0.5) is 10.1 Å². The number of hydrogen-bond donors (Lipinski definition) is 2. The van der Waals surface area contributed by atoms with Gasteiger partial charge < -0.3 is 15.4 Å². The van der Waals surface area contributed by atoms with Gasteiger partial charge in [0.1, 0.15) is 18.2 Å². The van der Waals surface area contributed by atoms with Crippen LogP contribution in [0, 0.1) is 17.7 Å². The van der Waals surface area contributed by atoms with Crippen LogP contribution >= 0.6 is 0 Å². The first-order chi connectivity index (χ1) is 14.5. The van der Waals surface area contributed by atoms with Crippen LogP contribution in [0.3, 0.4) is 0 Å². The summed E-state index contributed by atoms with van der Waals surface area (Å²) < 4.78 is 19.6. The second kappa shape index (κ2) is 8.86. The number of ether oxygens (including phenoxy) is 1. The van der Waals surface area contributed by atoms with Gasteiger partial charge in [0.2, 0.25) is 5.91 Å². The van der Waals surface area contributed by atoms with E-state index >= 15 is 0 Å². The molecule has 1 aliphatic heterocycles. The first-order valence-corrected chi connectivity index (χ1v) is 10.6. The molecule has 2 aromatic rings. The molecule has 6 heteroatoms. The van der Waals surface area contributed by atoms with Crippen LogP contribution in [-0.4, -0.2) is 24.5 Å². The Morgan fingerprint density at radius 1 is 1.07 bits per heavy atom. The summed E-state index contributed by atoms with van der Waals surface area (Å²) in [5, 5.41) is 5.91. The predicted molar refractivity (Wildman–Crippen MR) is 113 cm³/mol. The number of amides is 2. The molecular formula is C24H27FN2O3. The summed E-state index contributed by atoms with van der Waals surface area (Å²) in [5.41, 5.74) is 1.41. The lowest BCUT2D eigenvalue weighted by atomic mass is 9.87. The third-order valence-electron chi connectivity index (χ3n) is 6.08. The van der Waals surface area contributed by atoms with Crippen molar-refractivity contribution in [2.75, 3.05) is 11.9 Å². The van der Waals surface area contributed by atoms with Crippen molar-refractivity contribution in [1.29, 1.82) is 0 Å². The summed E-state index contributed by atoms with van der Waals surface area (Å²) in [4.78, 5) is 25.1. The van der Waals surface area contributed by atoms with Gasteiger partial charge in [-0.05, 0) is 73.9 Å². The zero-order valence-electron chi connectivity index (χ0n) is 17.1. The van der Waals surface area contributed by atoms with E-state index in [1.54, 1.807) is 30.3 Å². The quantitative estimate of drug-likeness (QED) is 0.789. The van der Waals surface area contributed by atoms with Gasteiger partial charge in [0.05, 0.1) is 11.5 Å². The van der Waals surface area contributed by atoms with Crippen LogP contribution in [0.25, 0.3) is 0 Å². The molecule has 2 aromatic carbocycles. The van der Waals surface area contributed by atoms with Crippen molar-refractivity contribution in [2.45, 2.75) is 45.1 Å². The maximum absolute atomic E-state index is 13.8. The van der Waals surface area contributed by atoms with Gasteiger partial charge in [0.15, 0.2) is 0 Å². The number of hydrogen-bond acceptors (Lipinski definition) is 3. The highest BCUT2D eigenvalue weighted by atomic mass is 19.1. The fraction of sp³-hybridized carbons (Fsp3) is 0.417. The molecule has 0 aromatic heterocycles. The van der Waals surface area contributed by atoms with Crippen molar-refractivity contribution in [3.63, 3.8) is 0 Å². The summed E-state index contributed by atoms with van der Waals surface area (Å²) in [6.45, 7) is 2.61. The van der Waals surface area contributed by atoms with Crippen molar-refractivity contribution in [3.8, 4) is 5.75 Å². The minimum atomic E-state index is -0.565. The molecule has 1 aliphatic carbocycles. The molecule has 5 nitrogen and oxygen atoms in total. The molecule has 0 spiro atoms. The van der Waals surface area contributed by atoms with Crippen LogP contribution in [0.5, 0.6) is 5.75 Å². The molecule has 30 heavy (non-hydrogen) atoms. The molecule has 1 unspecified atom stereocenters. The van der Waals surface area contributed by atoms with Crippen molar-refractivity contribution in [3.05, 3.63) is 59.4 Å². The van der Waals surface area contributed by atoms with Gasteiger partial charge in [-0.3, -0.25) is 9.59 Å². The Bertz CT molecular complexity index is 938. The average Bonchev–Trinajstić information content (AvgIpc) is 2.75. The molecule has 1 heterocycles. The van der Waals surface area contributed by atoms with E-state index in [1.807, 2.05) is 0 Å². The molecule has 1 fully saturated rings. The van der Waals surface area contributed by atoms with E-state index in [9.17, 15) is 14.0 Å². The fourth-order valence-corrected chi connectivity index (χ4v) is 4.21.